The first kappa shape index (κ1) is 21.2. The van der Waals surface area contributed by atoms with Crippen molar-refractivity contribution in [2.45, 2.75) is 19.6 Å². The molecular weight excluding hydrogens is 412 g/mol. The molecule has 156 valence electrons. The standard InChI is InChI=1S/C21H19ClN2O6/c1-12(20(26)27)30-18-14(4-3-5-17(18)29-2)10-16-19(25)24(21(28)23-16)11-13-6-8-15(22)9-7-13/h3-10,12H,11H2,1-2H3,(H,23,28)(H,26,27)/b16-10-/t12-/m0/s1. The molecule has 3 rings (SSSR count). The van der Waals surface area contributed by atoms with Crippen molar-refractivity contribution >= 4 is 35.6 Å². The van der Waals surface area contributed by atoms with Gasteiger partial charge in [0.05, 0.1) is 13.7 Å². The monoisotopic (exact) mass is 430 g/mol. The number of methoxy groups -OCH3 is 1. The van der Waals surface area contributed by atoms with E-state index in [1.54, 1.807) is 42.5 Å². The van der Waals surface area contributed by atoms with Crippen LogP contribution in [0.3, 0.4) is 0 Å². The van der Waals surface area contributed by atoms with Crippen LogP contribution in [0.5, 0.6) is 11.5 Å². The number of carbonyl (C=O) groups excluding carboxylic acids is 2. The fraction of sp³-hybridized carbons (Fsp3) is 0.190. The molecule has 0 aromatic heterocycles. The molecule has 0 saturated carbocycles. The number of ether oxygens (including phenoxy) is 2. The van der Waals surface area contributed by atoms with Gasteiger partial charge in [0, 0.05) is 10.6 Å². The third kappa shape index (κ3) is 4.55. The molecule has 3 amide bonds. The van der Waals surface area contributed by atoms with Gasteiger partial charge < -0.3 is 19.9 Å². The minimum Gasteiger partial charge on any atom is -0.493 e. The zero-order chi connectivity index (χ0) is 21.8. The average Bonchev–Trinajstić information content (AvgIpc) is 2.98. The van der Waals surface area contributed by atoms with Crippen LogP contribution in [0.2, 0.25) is 5.02 Å². The second-order valence-electron chi connectivity index (χ2n) is 6.48. The number of carboxylic acids is 1. The number of nitrogens with zero attached hydrogens (tertiary/aromatic N) is 1. The summed E-state index contributed by atoms with van der Waals surface area (Å²) in [6, 6.07) is 11.1. The number of hydrogen-bond donors (Lipinski definition) is 2. The molecule has 1 atom stereocenters. The number of benzene rings is 2. The van der Waals surface area contributed by atoms with Crippen molar-refractivity contribution in [3.63, 3.8) is 0 Å². The van der Waals surface area contributed by atoms with E-state index in [1.807, 2.05) is 0 Å². The largest absolute Gasteiger partial charge is 0.493 e. The summed E-state index contributed by atoms with van der Waals surface area (Å²) in [6.07, 6.45) is 0.280. The van der Waals surface area contributed by atoms with Crippen molar-refractivity contribution in [3.05, 3.63) is 64.3 Å². The average molecular weight is 431 g/mol. The molecule has 1 heterocycles. The number of carbonyl (C=O) groups is 3. The summed E-state index contributed by atoms with van der Waals surface area (Å²) in [4.78, 5) is 37.3. The first-order valence-corrected chi connectivity index (χ1v) is 9.33. The van der Waals surface area contributed by atoms with E-state index >= 15 is 0 Å². The van der Waals surface area contributed by atoms with Crippen LogP contribution in [0, 0.1) is 0 Å². The third-order valence-corrected chi connectivity index (χ3v) is 4.64. The van der Waals surface area contributed by atoms with E-state index in [4.69, 9.17) is 26.2 Å². The number of urea groups is 1. The number of imide groups is 1. The molecule has 1 saturated heterocycles. The lowest BCUT2D eigenvalue weighted by Gasteiger charge is -2.16. The lowest BCUT2D eigenvalue weighted by atomic mass is 10.1. The Morgan fingerprint density at radius 2 is 1.93 bits per heavy atom. The van der Waals surface area contributed by atoms with E-state index in [0.717, 1.165) is 10.5 Å². The highest BCUT2D eigenvalue weighted by atomic mass is 35.5. The smallest absolute Gasteiger partial charge is 0.344 e. The summed E-state index contributed by atoms with van der Waals surface area (Å²) in [5.74, 6) is -1.22. The molecule has 2 aromatic carbocycles. The van der Waals surface area contributed by atoms with E-state index < -0.39 is 24.0 Å². The van der Waals surface area contributed by atoms with Crippen LogP contribution in [-0.2, 0) is 16.1 Å². The topological polar surface area (TPSA) is 105 Å². The maximum Gasteiger partial charge on any atom is 0.344 e. The summed E-state index contributed by atoms with van der Waals surface area (Å²) in [5, 5.41) is 12.2. The number of para-hydroxylation sites is 1. The van der Waals surface area contributed by atoms with Crippen molar-refractivity contribution in [1.29, 1.82) is 0 Å². The lowest BCUT2D eigenvalue weighted by Crippen LogP contribution is -2.30. The fourth-order valence-corrected chi connectivity index (χ4v) is 2.93. The molecule has 1 aliphatic rings. The number of amides is 3. The summed E-state index contributed by atoms with van der Waals surface area (Å²) in [6.45, 7) is 1.46. The van der Waals surface area contributed by atoms with Gasteiger partial charge in [-0.2, -0.15) is 0 Å². The molecule has 0 radical (unpaired) electrons. The van der Waals surface area contributed by atoms with Crippen LogP contribution in [0.25, 0.3) is 6.08 Å². The quantitative estimate of drug-likeness (QED) is 0.516. The third-order valence-electron chi connectivity index (χ3n) is 4.39. The Bertz CT molecular complexity index is 1020. The van der Waals surface area contributed by atoms with Crippen molar-refractivity contribution < 1.29 is 29.0 Å². The Kier molecular flexibility index (Phi) is 6.27. The number of aliphatic carboxylic acids is 1. The molecule has 2 aromatic rings. The molecule has 8 nitrogen and oxygen atoms in total. The van der Waals surface area contributed by atoms with Gasteiger partial charge in [0.15, 0.2) is 17.6 Å². The zero-order valence-corrected chi connectivity index (χ0v) is 17.0. The summed E-state index contributed by atoms with van der Waals surface area (Å²) >= 11 is 5.87. The predicted octanol–water partition coefficient (Wildman–Crippen LogP) is 3.29. The predicted molar refractivity (Wildman–Crippen MR) is 109 cm³/mol. The Hall–Kier alpha value is -3.52. The van der Waals surface area contributed by atoms with Gasteiger partial charge in [0.2, 0.25) is 0 Å². The van der Waals surface area contributed by atoms with Crippen molar-refractivity contribution in [3.8, 4) is 11.5 Å². The molecule has 0 aliphatic carbocycles. The first-order chi connectivity index (χ1) is 14.3. The summed E-state index contributed by atoms with van der Waals surface area (Å²) in [5.41, 5.74) is 1.17. The zero-order valence-electron chi connectivity index (χ0n) is 16.2. The van der Waals surface area contributed by atoms with E-state index in [0.29, 0.717) is 16.3 Å². The number of hydrogen-bond acceptors (Lipinski definition) is 5. The highest BCUT2D eigenvalue weighted by Gasteiger charge is 2.34. The maximum atomic E-state index is 12.8. The van der Waals surface area contributed by atoms with Gasteiger partial charge in [-0.25, -0.2) is 9.59 Å². The number of rotatable bonds is 7. The minimum absolute atomic E-state index is 0.0371. The first-order valence-electron chi connectivity index (χ1n) is 8.95. The number of carboxylic acid groups (broad SMARTS) is 1. The van der Waals surface area contributed by atoms with E-state index in [-0.39, 0.29) is 18.0 Å². The second-order valence-corrected chi connectivity index (χ2v) is 6.92. The molecule has 0 bridgehead atoms. The molecule has 1 fully saturated rings. The molecule has 9 heteroatoms. The van der Waals surface area contributed by atoms with Gasteiger partial charge in [-0.05, 0) is 36.8 Å². The SMILES string of the molecule is COc1cccc(/C=C2\NC(=O)N(Cc3ccc(Cl)cc3)C2=O)c1O[C@@H](C)C(=O)O. The highest BCUT2D eigenvalue weighted by molar-refractivity contribution is 6.30. The van der Waals surface area contributed by atoms with Crippen LogP contribution in [0.1, 0.15) is 18.1 Å². The van der Waals surface area contributed by atoms with Crippen LogP contribution in [0.4, 0.5) is 4.79 Å². The minimum atomic E-state index is -1.15. The fourth-order valence-electron chi connectivity index (χ4n) is 2.80. The molecular formula is C21H19ClN2O6. The van der Waals surface area contributed by atoms with Crippen molar-refractivity contribution in [2.24, 2.45) is 0 Å². The van der Waals surface area contributed by atoms with Crippen LogP contribution in [-0.4, -0.2) is 41.1 Å². The number of nitrogens with one attached hydrogen (secondary N) is 1. The Morgan fingerprint density at radius 3 is 2.57 bits per heavy atom. The Balaban J connectivity index is 1.89. The molecule has 30 heavy (non-hydrogen) atoms. The van der Waals surface area contributed by atoms with E-state index in [9.17, 15) is 14.4 Å². The molecule has 1 aliphatic heterocycles. The highest BCUT2D eigenvalue weighted by Crippen LogP contribution is 2.34. The van der Waals surface area contributed by atoms with Gasteiger partial charge in [-0.15, -0.1) is 0 Å². The summed E-state index contributed by atoms with van der Waals surface area (Å²) in [7, 11) is 1.42. The van der Waals surface area contributed by atoms with Gasteiger partial charge in [0.25, 0.3) is 5.91 Å². The molecule has 0 spiro atoms. The van der Waals surface area contributed by atoms with Crippen LogP contribution >= 0.6 is 11.6 Å². The van der Waals surface area contributed by atoms with Crippen LogP contribution in [0.15, 0.2) is 48.2 Å². The number of halogens is 1. The van der Waals surface area contributed by atoms with Gasteiger partial charge in [-0.1, -0.05) is 35.9 Å². The van der Waals surface area contributed by atoms with E-state index in [2.05, 4.69) is 5.32 Å². The maximum absolute atomic E-state index is 12.8. The van der Waals surface area contributed by atoms with Crippen molar-refractivity contribution in [1.82, 2.24) is 10.2 Å². The Morgan fingerprint density at radius 1 is 1.23 bits per heavy atom. The van der Waals surface area contributed by atoms with Gasteiger partial charge in [-0.3, -0.25) is 9.69 Å². The van der Waals surface area contributed by atoms with Gasteiger partial charge in [0.1, 0.15) is 5.70 Å². The lowest BCUT2D eigenvalue weighted by molar-refractivity contribution is -0.144. The van der Waals surface area contributed by atoms with Gasteiger partial charge >= 0.3 is 12.0 Å². The summed E-state index contributed by atoms with van der Waals surface area (Å²) < 4.78 is 10.8. The van der Waals surface area contributed by atoms with Crippen LogP contribution < -0.4 is 14.8 Å². The molecule has 0 unspecified atom stereocenters. The Labute approximate surface area is 177 Å². The second kappa shape index (κ2) is 8.87. The van der Waals surface area contributed by atoms with Crippen molar-refractivity contribution in [2.75, 3.05) is 7.11 Å². The van der Waals surface area contributed by atoms with E-state index in [1.165, 1.54) is 20.1 Å². The molecule has 2 N–H and O–H groups in total. The normalized spacial score (nSPS) is 15.8.